The van der Waals surface area contributed by atoms with Gasteiger partial charge in [-0.1, -0.05) is 42.8 Å². The second-order valence-corrected chi connectivity index (χ2v) is 10.0. The summed E-state index contributed by atoms with van der Waals surface area (Å²) in [6.07, 6.45) is -3.51. The van der Waals surface area contributed by atoms with Crippen LogP contribution >= 0.6 is 0 Å². The van der Waals surface area contributed by atoms with Crippen LogP contribution in [0.4, 0.5) is 13.2 Å². The van der Waals surface area contributed by atoms with Gasteiger partial charge in [-0.15, -0.1) is 10.2 Å². The molecule has 1 aliphatic rings. The Morgan fingerprint density at radius 3 is 2.58 bits per heavy atom. The molecule has 0 amide bonds. The molecule has 2 aromatic heterocycles. The van der Waals surface area contributed by atoms with Crippen LogP contribution in [0.15, 0.2) is 28.8 Å². The molecule has 1 fully saturated rings. The fourth-order valence-electron chi connectivity index (χ4n) is 4.26. The zero-order chi connectivity index (χ0) is 26.0. The first-order valence-electron chi connectivity index (χ1n) is 12.2. The van der Waals surface area contributed by atoms with E-state index in [9.17, 15) is 18.0 Å². The number of ether oxygens (including phenoxy) is 1. The standard InChI is InChI=1S/C26H31F3N4O3/c1-15(2)9-21-13-22(32-36-21)24-30-31-25(33(24)19-7-8-19)23(35-14-26(27,28)29)12-20(34)11-18-6-5-16(3)10-17(18)4/h5-6,10,13,15,19,23H,7-9,11-12,14H2,1-4H3/t23-/m0/s1. The van der Waals surface area contributed by atoms with E-state index < -0.39 is 18.9 Å². The van der Waals surface area contributed by atoms with Crippen LogP contribution in [0, 0.1) is 19.8 Å². The molecule has 1 aliphatic carbocycles. The van der Waals surface area contributed by atoms with Crippen molar-refractivity contribution in [2.24, 2.45) is 5.92 Å². The second kappa shape index (κ2) is 10.5. The fourth-order valence-corrected chi connectivity index (χ4v) is 4.26. The first-order chi connectivity index (χ1) is 17.0. The van der Waals surface area contributed by atoms with E-state index in [4.69, 9.17) is 9.26 Å². The minimum Gasteiger partial charge on any atom is -0.361 e. The van der Waals surface area contributed by atoms with Gasteiger partial charge in [-0.3, -0.25) is 4.79 Å². The highest BCUT2D eigenvalue weighted by Crippen LogP contribution is 2.41. The van der Waals surface area contributed by atoms with Crippen molar-refractivity contribution in [3.8, 4) is 11.5 Å². The number of halogens is 3. The number of carbonyl (C=O) groups excluding carboxylic acids is 1. The van der Waals surface area contributed by atoms with Crippen LogP contribution in [0.25, 0.3) is 11.5 Å². The molecule has 3 aromatic rings. The monoisotopic (exact) mass is 504 g/mol. The van der Waals surface area contributed by atoms with Gasteiger partial charge in [0, 0.05) is 31.4 Å². The van der Waals surface area contributed by atoms with E-state index >= 15 is 0 Å². The molecule has 0 saturated heterocycles. The molecule has 4 rings (SSSR count). The van der Waals surface area contributed by atoms with Gasteiger partial charge >= 0.3 is 6.18 Å². The number of rotatable bonds is 11. The highest BCUT2D eigenvalue weighted by atomic mass is 19.4. The zero-order valence-corrected chi connectivity index (χ0v) is 20.9. The number of hydrogen-bond donors (Lipinski definition) is 0. The molecule has 0 N–H and O–H groups in total. The number of ketones is 1. The van der Waals surface area contributed by atoms with Crippen molar-refractivity contribution in [3.05, 3.63) is 52.5 Å². The zero-order valence-electron chi connectivity index (χ0n) is 20.9. The van der Waals surface area contributed by atoms with E-state index in [0.29, 0.717) is 29.6 Å². The lowest BCUT2D eigenvalue weighted by Gasteiger charge is -2.19. The summed E-state index contributed by atoms with van der Waals surface area (Å²) < 4.78 is 51.7. The molecule has 0 spiro atoms. The first-order valence-corrected chi connectivity index (χ1v) is 12.2. The van der Waals surface area contributed by atoms with Gasteiger partial charge in [-0.05, 0) is 43.7 Å². The number of carbonyl (C=O) groups is 1. The lowest BCUT2D eigenvalue weighted by molar-refractivity contribution is -0.188. The quantitative estimate of drug-likeness (QED) is 0.323. The van der Waals surface area contributed by atoms with Gasteiger partial charge in [0.05, 0.1) is 0 Å². The molecule has 1 saturated carbocycles. The summed E-state index contributed by atoms with van der Waals surface area (Å²) in [5.41, 5.74) is 3.34. The Labute approximate surface area is 208 Å². The molecular formula is C26H31F3N4O3. The van der Waals surface area contributed by atoms with Gasteiger partial charge in [0.25, 0.3) is 0 Å². The van der Waals surface area contributed by atoms with Crippen molar-refractivity contribution in [2.45, 2.75) is 78.1 Å². The van der Waals surface area contributed by atoms with Crippen LogP contribution in [-0.2, 0) is 22.4 Å². The Hall–Kier alpha value is -3.01. The lowest BCUT2D eigenvalue weighted by atomic mass is 9.98. The maximum atomic E-state index is 13.1. The van der Waals surface area contributed by atoms with Crippen LogP contribution < -0.4 is 0 Å². The Morgan fingerprint density at radius 1 is 1.19 bits per heavy atom. The van der Waals surface area contributed by atoms with Crippen LogP contribution in [0.1, 0.15) is 73.5 Å². The third-order valence-electron chi connectivity index (χ3n) is 6.07. The Kier molecular flexibility index (Phi) is 7.63. The van der Waals surface area contributed by atoms with E-state index in [0.717, 1.165) is 29.5 Å². The summed E-state index contributed by atoms with van der Waals surface area (Å²) in [6.45, 7) is 6.51. The number of nitrogens with zero attached hydrogens (tertiary/aromatic N) is 4. The molecule has 7 nitrogen and oxygen atoms in total. The van der Waals surface area contributed by atoms with Crippen molar-refractivity contribution in [3.63, 3.8) is 0 Å². The SMILES string of the molecule is Cc1ccc(CC(=O)C[C@H](OCC(F)(F)F)c2nnc(-c3cc(CC(C)C)on3)n2C2CC2)c(C)c1. The van der Waals surface area contributed by atoms with Crippen molar-refractivity contribution < 1.29 is 27.2 Å². The minimum absolute atomic E-state index is 0.0154. The molecule has 0 aliphatic heterocycles. The van der Waals surface area contributed by atoms with Gasteiger partial charge in [0.1, 0.15) is 24.3 Å². The number of aryl methyl sites for hydroxylation is 2. The van der Waals surface area contributed by atoms with E-state index in [2.05, 4.69) is 29.2 Å². The number of benzene rings is 1. The van der Waals surface area contributed by atoms with Gasteiger partial charge in [0.15, 0.2) is 17.3 Å². The number of hydrogen-bond acceptors (Lipinski definition) is 6. The molecular weight excluding hydrogens is 473 g/mol. The highest BCUT2D eigenvalue weighted by Gasteiger charge is 2.37. The summed E-state index contributed by atoms with van der Waals surface area (Å²) in [4.78, 5) is 13.0. The number of alkyl halides is 3. The second-order valence-electron chi connectivity index (χ2n) is 10.0. The van der Waals surface area contributed by atoms with E-state index in [1.165, 1.54) is 0 Å². The summed E-state index contributed by atoms with van der Waals surface area (Å²) in [6, 6.07) is 7.56. The van der Waals surface area contributed by atoms with Crippen molar-refractivity contribution in [1.82, 2.24) is 19.9 Å². The van der Waals surface area contributed by atoms with Crippen LogP contribution in [-0.4, -0.2) is 38.5 Å². The number of aromatic nitrogens is 4. The van der Waals surface area contributed by atoms with Gasteiger partial charge in [0.2, 0.25) is 0 Å². The molecule has 1 atom stereocenters. The third kappa shape index (κ3) is 6.60. The van der Waals surface area contributed by atoms with Gasteiger partial charge in [-0.2, -0.15) is 13.2 Å². The van der Waals surface area contributed by atoms with Crippen molar-refractivity contribution >= 4 is 5.78 Å². The molecule has 36 heavy (non-hydrogen) atoms. The maximum absolute atomic E-state index is 13.1. The molecule has 10 heteroatoms. The average molecular weight is 505 g/mol. The largest absolute Gasteiger partial charge is 0.411 e. The van der Waals surface area contributed by atoms with Crippen LogP contribution in [0.2, 0.25) is 0 Å². The Bertz CT molecular complexity index is 1210. The minimum atomic E-state index is -4.54. The highest BCUT2D eigenvalue weighted by molar-refractivity contribution is 5.81. The van der Waals surface area contributed by atoms with Crippen molar-refractivity contribution in [2.75, 3.05) is 6.61 Å². The predicted octanol–water partition coefficient (Wildman–Crippen LogP) is 5.91. The summed E-state index contributed by atoms with van der Waals surface area (Å²) in [5.74, 6) is 1.45. The topological polar surface area (TPSA) is 83.0 Å². The third-order valence-corrected chi connectivity index (χ3v) is 6.07. The number of Topliss-reactive ketones (excluding diaryl/α,β-unsaturated/α-hetero) is 1. The van der Waals surface area contributed by atoms with E-state index in [1.54, 1.807) is 10.6 Å². The molecule has 0 bridgehead atoms. The Balaban J connectivity index is 1.61. The fraction of sp³-hybridized carbons (Fsp3) is 0.538. The molecule has 2 heterocycles. The normalized spacial score (nSPS) is 15.0. The predicted molar refractivity (Wildman–Crippen MR) is 126 cm³/mol. The summed E-state index contributed by atoms with van der Waals surface area (Å²) in [7, 11) is 0. The first kappa shape index (κ1) is 26.1. The average Bonchev–Trinajstić information content (AvgIpc) is 3.35. The van der Waals surface area contributed by atoms with Crippen molar-refractivity contribution in [1.29, 1.82) is 0 Å². The molecule has 0 unspecified atom stereocenters. The van der Waals surface area contributed by atoms with E-state index in [1.807, 2.05) is 32.0 Å². The lowest BCUT2D eigenvalue weighted by Crippen LogP contribution is -2.23. The molecule has 1 aromatic carbocycles. The smallest absolute Gasteiger partial charge is 0.361 e. The van der Waals surface area contributed by atoms with Crippen LogP contribution in [0.5, 0.6) is 0 Å². The molecule has 194 valence electrons. The van der Waals surface area contributed by atoms with E-state index in [-0.39, 0.29) is 30.5 Å². The van der Waals surface area contributed by atoms with Gasteiger partial charge in [-0.25, -0.2) is 0 Å². The maximum Gasteiger partial charge on any atom is 0.411 e. The van der Waals surface area contributed by atoms with Gasteiger partial charge < -0.3 is 13.8 Å². The molecule has 0 radical (unpaired) electrons. The summed E-state index contributed by atoms with van der Waals surface area (Å²) >= 11 is 0. The van der Waals surface area contributed by atoms with Crippen LogP contribution in [0.3, 0.4) is 0 Å². The summed E-state index contributed by atoms with van der Waals surface area (Å²) in [5, 5.41) is 12.6. The Morgan fingerprint density at radius 2 is 1.94 bits per heavy atom.